The lowest BCUT2D eigenvalue weighted by molar-refractivity contribution is 0.299. The van der Waals surface area contributed by atoms with Crippen LogP contribution in [0, 0.1) is 12.7 Å². The van der Waals surface area contributed by atoms with Crippen LogP contribution in [-0.4, -0.2) is 21.5 Å². The average molecular weight is 430 g/mol. The zero-order valence-electron chi connectivity index (χ0n) is 16.7. The second kappa shape index (κ2) is 10.8. The number of allylic oxidation sites excluding steroid dienone is 1. The molecular weight excluding hydrogens is 405 g/mol. The lowest BCUT2D eigenvalue weighted by atomic mass is 9.98. The molecule has 0 aliphatic carbocycles. The van der Waals surface area contributed by atoms with Gasteiger partial charge in [0.2, 0.25) is 0 Å². The fraction of sp³-hybridized carbons (Fsp3) is 0.217. The highest BCUT2D eigenvalue weighted by Gasteiger charge is 2.17. The maximum Gasteiger partial charge on any atom is 0.271 e. The van der Waals surface area contributed by atoms with Crippen LogP contribution in [0.15, 0.2) is 59.4 Å². The van der Waals surface area contributed by atoms with Gasteiger partial charge in [-0.3, -0.25) is 4.79 Å². The highest BCUT2D eigenvalue weighted by Crippen LogP contribution is 2.25. The van der Waals surface area contributed by atoms with Gasteiger partial charge >= 0.3 is 0 Å². The van der Waals surface area contributed by atoms with E-state index in [0.717, 1.165) is 5.56 Å². The second-order valence-corrected chi connectivity index (χ2v) is 6.75. The number of rotatable bonds is 7. The predicted molar refractivity (Wildman–Crippen MR) is 120 cm³/mol. The molecule has 0 spiro atoms. The summed E-state index contributed by atoms with van der Waals surface area (Å²) in [7, 11) is 0. The van der Waals surface area contributed by atoms with Crippen molar-refractivity contribution in [1.82, 2.24) is 9.78 Å². The number of aryl methyl sites for hydroxylation is 1. The Bertz CT molecular complexity index is 1080. The van der Waals surface area contributed by atoms with Gasteiger partial charge in [-0.2, -0.15) is 5.10 Å². The molecule has 0 aliphatic rings. The summed E-state index contributed by atoms with van der Waals surface area (Å²) in [6, 6.07) is 14.4. The molecule has 0 saturated heterocycles. The molecule has 3 N–H and O–H groups in total. The first-order valence-corrected chi connectivity index (χ1v) is 9.47. The van der Waals surface area contributed by atoms with E-state index in [-0.39, 0.29) is 49.9 Å². The molecule has 2 aromatic carbocycles. The first-order chi connectivity index (χ1) is 14.0. The molecule has 0 fully saturated rings. The molecule has 3 aromatic rings. The molecule has 0 bridgehead atoms. The van der Waals surface area contributed by atoms with Gasteiger partial charge in [-0.15, -0.1) is 12.4 Å². The van der Waals surface area contributed by atoms with Crippen molar-refractivity contribution >= 4 is 18.5 Å². The first-order valence-electron chi connectivity index (χ1n) is 9.47. The zero-order chi connectivity index (χ0) is 20.8. The molecule has 0 radical (unpaired) electrons. The number of aromatic nitrogens is 2. The largest absolute Gasteiger partial charge is 0.396 e. The predicted octanol–water partition coefficient (Wildman–Crippen LogP) is 3.49. The Morgan fingerprint density at radius 2 is 1.90 bits per heavy atom. The van der Waals surface area contributed by atoms with E-state index in [2.05, 4.69) is 5.10 Å². The summed E-state index contributed by atoms with van der Waals surface area (Å²) in [6.07, 6.45) is 4.02. The molecule has 7 heteroatoms. The number of halogens is 2. The van der Waals surface area contributed by atoms with E-state index >= 15 is 0 Å². The van der Waals surface area contributed by atoms with Crippen LogP contribution >= 0.6 is 12.4 Å². The van der Waals surface area contributed by atoms with Crippen molar-refractivity contribution in [3.8, 4) is 11.3 Å². The molecular formula is C23H25ClFN3O2. The fourth-order valence-electron chi connectivity index (χ4n) is 3.25. The van der Waals surface area contributed by atoms with E-state index in [1.807, 2.05) is 42.5 Å². The number of hydrogen-bond donors (Lipinski definition) is 2. The summed E-state index contributed by atoms with van der Waals surface area (Å²) < 4.78 is 15.1. The standard InChI is InChI=1S/C23H24FN3O2.ClH/c1-16-14-18(9-10-21(16)24)22-19(11-13-28)20(15-25)23(29)27(26-22)12-5-8-17-6-3-2-4-7-17;/h2-10,14,28H,11-13,15,25H2,1H3;1H. The van der Waals surface area contributed by atoms with E-state index in [4.69, 9.17) is 5.73 Å². The van der Waals surface area contributed by atoms with Gasteiger partial charge in [0.05, 0.1) is 12.2 Å². The molecule has 0 saturated carbocycles. The summed E-state index contributed by atoms with van der Waals surface area (Å²) in [6.45, 7) is 1.84. The average Bonchev–Trinajstić information content (AvgIpc) is 2.73. The third-order valence-electron chi connectivity index (χ3n) is 4.75. The molecule has 1 heterocycles. The maximum absolute atomic E-state index is 13.7. The third-order valence-corrected chi connectivity index (χ3v) is 4.75. The van der Waals surface area contributed by atoms with E-state index in [1.165, 1.54) is 10.7 Å². The summed E-state index contributed by atoms with van der Waals surface area (Å²) in [5.74, 6) is -0.310. The molecule has 1 aromatic heterocycles. The minimum Gasteiger partial charge on any atom is -0.396 e. The highest BCUT2D eigenvalue weighted by molar-refractivity contribution is 5.85. The summed E-state index contributed by atoms with van der Waals surface area (Å²) in [4.78, 5) is 12.9. The molecule has 0 amide bonds. The lowest BCUT2D eigenvalue weighted by Gasteiger charge is -2.15. The number of nitrogens with zero attached hydrogens (tertiary/aromatic N) is 2. The molecule has 158 valence electrons. The molecule has 30 heavy (non-hydrogen) atoms. The number of nitrogens with two attached hydrogens (primary N) is 1. The summed E-state index contributed by atoms with van der Waals surface area (Å²) in [5, 5.41) is 14.0. The van der Waals surface area contributed by atoms with Gasteiger partial charge in [0.25, 0.3) is 5.56 Å². The van der Waals surface area contributed by atoms with Crippen molar-refractivity contribution < 1.29 is 9.50 Å². The zero-order valence-corrected chi connectivity index (χ0v) is 17.5. The second-order valence-electron chi connectivity index (χ2n) is 6.75. The van der Waals surface area contributed by atoms with Gasteiger partial charge in [-0.05, 0) is 48.2 Å². The Labute approximate surface area is 181 Å². The van der Waals surface area contributed by atoms with Crippen LogP contribution in [0.3, 0.4) is 0 Å². The smallest absolute Gasteiger partial charge is 0.271 e. The Balaban J connectivity index is 0.00000320. The van der Waals surface area contributed by atoms with Crippen molar-refractivity contribution in [1.29, 1.82) is 0 Å². The maximum atomic E-state index is 13.7. The quantitative estimate of drug-likeness (QED) is 0.602. The Morgan fingerprint density at radius 1 is 1.17 bits per heavy atom. The fourth-order valence-corrected chi connectivity index (χ4v) is 3.25. The molecule has 3 rings (SSSR count). The van der Waals surface area contributed by atoms with E-state index in [1.54, 1.807) is 19.1 Å². The summed E-state index contributed by atoms with van der Waals surface area (Å²) in [5.41, 5.74) is 9.33. The van der Waals surface area contributed by atoms with Gasteiger partial charge in [0.15, 0.2) is 0 Å². The van der Waals surface area contributed by atoms with Gasteiger partial charge in [0, 0.05) is 24.3 Å². The number of benzene rings is 2. The van der Waals surface area contributed by atoms with E-state index in [9.17, 15) is 14.3 Å². The van der Waals surface area contributed by atoms with Crippen molar-refractivity contribution in [3.05, 3.63) is 93.0 Å². The van der Waals surface area contributed by atoms with Crippen LogP contribution in [-0.2, 0) is 19.5 Å². The number of aliphatic hydroxyl groups is 1. The molecule has 0 aliphatic heterocycles. The van der Waals surface area contributed by atoms with Gasteiger partial charge < -0.3 is 10.8 Å². The molecule has 5 nitrogen and oxygen atoms in total. The third kappa shape index (κ3) is 5.21. The lowest BCUT2D eigenvalue weighted by Crippen LogP contribution is -2.30. The first kappa shape index (κ1) is 23.5. The van der Waals surface area contributed by atoms with Crippen LogP contribution in [0.2, 0.25) is 0 Å². The van der Waals surface area contributed by atoms with Crippen LogP contribution in [0.5, 0.6) is 0 Å². The minimum absolute atomic E-state index is 0. The number of aliphatic hydroxyl groups excluding tert-OH is 1. The van der Waals surface area contributed by atoms with Crippen molar-refractivity contribution in [2.24, 2.45) is 5.73 Å². The van der Waals surface area contributed by atoms with Gasteiger partial charge in [0.1, 0.15) is 5.82 Å². The van der Waals surface area contributed by atoms with E-state index < -0.39 is 0 Å². The Hall–Kier alpha value is -2.80. The van der Waals surface area contributed by atoms with Gasteiger partial charge in [-0.25, -0.2) is 9.07 Å². The van der Waals surface area contributed by atoms with Crippen molar-refractivity contribution in [2.45, 2.75) is 26.4 Å². The molecule has 0 atom stereocenters. The highest BCUT2D eigenvalue weighted by atomic mass is 35.5. The SMILES string of the molecule is Cc1cc(-c2nn(CC=Cc3ccccc3)c(=O)c(CN)c2CCO)ccc1F.Cl. The van der Waals surface area contributed by atoms with Crippen LogP contribution in [0.4, 0.5) is 4.39 Å². The Kier molecular flexibility index (Phi) is 8.47. The van der Waals surface area contributed by atoms with Crippen molar-refractivity contribution in [2.75, 3.05) is 6.61 Å². The Morgan fingerprint density at radius 3 is 2.53 bits per heavy atom. The van der Waals surface area contributed by atoms with Crippen LogP contribution in [0.1, 0.15) is 22.3 Å². The summed E-state index contributed by atoms with van der Waals surface area (Å²) >= 11 is 0. The monoisotopic (exact) mass is 429 g/mol. The van der Waals surface area contributed by atoms with Crippen LogP contribution in [0.25, 0.3) is 17.3 Å². The minimum atomic E-state index is -0.310. The molecule has 0 unspecified atom stereocenters. The number of hydrogen-bond acceptors (Lipinski definition) is 4. The van der Waals surface area contributed by atoms with E-state index in [0.29, 0.717) is 27.9 Å². The van der Waals surface area contributed by atoms with Crippen LogP contribution < -0.4 is 11.3 Å². The normalized spacial score (nSPS) is 10.9. The van der Waals surface area contributed by atoms with Gasteiger partial charge in [-0.1, -0.05) is 42.5 Å². The topological polar surface area (TPSA) is 81.1 Å². The van der Waals surface area contributed by atoms with Crippen molar-refractivity contribution in [3.63, 3.8) is 0 Å².